The standard InChI is InChI=1S/C20H24N2O4/c1-15-11-18(23)19(13-25-15)26-14-20(24)21-17-7-9-22(10-8-17)12-16-5-3-2-4-6-16/h2-6,11,13,17H,7-10,12,14H2,1H3,(H,21,24). The highest BCUT2D eigenvalue weighted by Crippen LogP contribution is 2.14. The molecule has 0 saturated carbocycles. The minimum absolute atomic E-state index is 0.0587. The second-order valence-electron chi connectivity index (χ2n) is 6.61. The summed E-state index contributed by atoms with van der Waals surface area (Å²) in [5, 5.41) is 2.98. The van der Waals surface area contributed by atoms with Crippen LogP contribution in [-0.4, -0.2) is 36.5 Å². The van der Waals surface area contributed by atoms with E-state index in [9.17, 15) is 9.59 Å². The van der Waals surface area contributed by atoms with Gasteiger partial charge in [0.25, 0.3) is 5.91 Å². The lowest BCUT2D eigenvalue weighted by Crippen LogP contribution is -2.45. The van der Waals surface area contributed by atoms with Gasteiger partial charge < -0.3 is 14.5 Å². The largest absolute Gasteiger partial charge is 0.477 e. The minimum Gasteiger partial charge on any atom is -0.477 e. The molecule has 1 aliphatic heterocycles. The van der Waals surface area contributed by atoms with Gasteiger partial charge in [-0.2, -0.15) is 0 Å². The van der Waals surface area contributed by atoms with Crippen molar-refractivity contribution in [1.82, 2.24) is 10.2 Å². The van der Waals surface area contributed by atoms with Crippen molar-refractivity contribution in [2.45, 2.75) is 32.4 Å². The first kappa shape index (κ1) is 18.2. The summed E-state index contributed by atoms with van der Waals surface area (Å²) in [6.07, 6.45) is 3.06. The summed E-state index contributed by atoms with van der Waals surface area (Å²) >= 11 is 0. The summed E-state index contributed by atoms with van der Waals surface area (Å²) < 4.78 is 10.4. The SMILES string of the molecule is Cc1cc(=O)c(OCC(=O)NC2CCN(Cc3ccccc3)CC2)co1. The lowest BCUT2D eigenvalue weighted by molar-refractivity contribution is -0.124. The van der Waals surface area contributed by atoms with E-state index in [2.05, 4.69) is 34.5 Å². The van der Waals surface area contributed by atoms with Crippen LogP contribution in [0.1, 0.15) is 24.2 Å². The fourth-order valence-electron chi connectivity index (χ4n) is 3.09. The Kier molecular flexibility index (Phi) is 6.07. The molecule has 2 aromatic rings. The molecule has 138 valence electrons. The van der Waals surface area contributed by atoms with E-state index in [0.717, 1.165) is 32.5 Å². The van der Waals surface area contributed by atoms with Gasteiger partial charge in [0, 0.05) is 31.7 Å². The summed E-state index contributed by atoms with van der Waals surface area (Å²) in [6, 6.07) is 11.9. The van der Waals surface area contributed by atoms with Crippen molar-refractivity contribution >= 4 is 5.91 Å². The van der Waals surface area contributed by atoms with Gasteiger partial charge in [-0.05, 0) is 25.3 Å². The van der Waals surface area contributed by atoms with Gasteiger partial charge >= 0.3 is 0 Å². The van der Waals surface area contributed by atoms with Crippen LogP contribution in [0, 0.1) is 6.92 Å². The van der Waals surface area contributed by atoms with Gasteiger partial charge in [-0.1, -0.05) is 30.3 Å². The van der Waals surface area contributed by atoms with Crippen molar-refractivity contribution in [3.8, 4) is 5.75 Å². The molecule has 0 atom stereocenters. The number of nitrogens with zero attached hydrogens (tertiary/aromatic N) is 1. The Morgan fingerprint density at radius 2 is 2.00 bits per heavy atom. The smallest absolute Gasteiger partial charge is 0.258 e. The summed E-state index contributed by atoms with van der Waals surface area (Å²) in [7, 11) is 0. The Bertz CT molecular complexity index is 780. The van der Waals surface area contributed by atoms with Crippen molar-refractivity contribution in [3.05, 3.63) is 64.2 Å². The maximum atomic E-state index is 12.1. The zero-order valence-corrected chi connectivity index (χ0v) is 14.9. The molecular weight excluding hydrogens is 332 g/mol. The zero-order chi connectivity index (χ0) is 18.4. The highest BCUT2D eigenvalue weighted by Gasteiger charge is 2.21. The number of rotatable bonds is 6. The van der Waals surface area contributed by atoms with Gasteiger partial charge in [-0.3, -0.25) is 14.5 Å². The van der Waals surface area contributed by atoms with E-state index < -0.39 is 0 Å². The van der Waals surface area contributed by atoms with E-state index in [1.807, 2.05) is 6.07 Å². The van der Waals surface area contributed by atoms with Crippen LogP contribution in [0.4, 0.5) is 0 Å². The number of hydrogen-bond donors (Lipinski definition) is 1. The molecule has 0 spiro atoms. The first-order valence-electron chi connectivity index (χ1n) is 8.88. The van der Waals surface area contributed by atoms with Gasteiger partial charge in [0.2, 0.25) is 11.2 Å². The normalized spacial score (nSPS) is 15.6. The second-order valence-corrected chi connectivity index (χ2v) is 6.61. The fourth-order valence-corrected chi connectivity index (χ4v) is 3.09. The van der Waals surface area contributed by atoms with E-state index in [4.69, 9.17) is 9.15 Å². The van der Waals surface area contributed by atoms with Crippen LogP contribution in [0.15, 0.2) is 51.9 Å². The van der Waals surface area contributed by atoms with Crippen LogP contribution in [0.5, 0.6) is 5.75 Å². The predicted octanol–water partition coefficient (Wildman–Crippen LogP) is 2.11. The van der Waals surface area contributed by atoms with Crippen LogP contribution >= 0.6 is 0 Å². The fraction of sp³-hybridized carbons (Fsp3) is 0.400. The average molecular weight is 356 g/mol. The Morgan fingerprint density at radius 3 is 2.69 bits per heavy atom. The third-order valence-corrected chi connectivity index (χ3v) is 4.49. The lowest BCUT2D eigenvalue weighted by atomic mass is 10.0. The third kappa shape index (κ3) is 5.20. The summed E-state index contributed by atoms with van der Waals surface area (Å²) in [4.78, 5) is 26.2. The maximum Gasteiger partial charge on any atom is 0.258 e. The van der Waals surface area contributed by atoms with Crippen molar-refractivity contribution in [2.75, 3.05) is 19.7 Å². The van der Waals surface area contributed by atoms with Crippen molar-refractivity contribution in [1.29, 1.82) is 0 Å². The Labute approximate surface area is 152 Å². The topological polar surface area (TPSA) is 71.8 Å². The van der Waals surface area contributed by atoms with Crippen LogP contribution in [0.25, 0.3) is 0 Å². The molecule has 1 amide bonds. The summed E-state index contributed by atoms with van der Waals surface area (Å²) in [6.45, 7) is 4.33. The van der Waals surface area contributed by atoms with Gasteiger partial charge in [-0.15, -0.1) is 0 Å². The molecule has 1 aromatic carbocycles. The summed E-state index contributed by atoms with van der Waals surface area (Å²) in [5.41, 5.74) is 1.02. The molecule has 3 rings (SSSR count). The quantitative estimate of drug-likeness (QED) is 0.858. The molecule has 1 N–H and O–H groups in total. The van der Waals surface area contributed by atoms with E-state index in [0.29, 0.717) is 5.76 Å². The van der Waals surface area contributed by atoms with Gasteiger partial charge in [0.15, 0.2) is 6.61 Å². The maximum absolute atomic E-state index is 12.1. The van der Waals surface area contributed by atoms with E-state index in [1.54, 1.807) is 6.92 Å². The molecule has 1 fully saturated rings. The molecule has 0 aliphatic carbocycles. The molecule has 1 aromatic heterocycles. The van der Waals surface area contributed by atoms with Crippen molar-refractivity contribution < 1.29 is 13.9 Å². The lowest BCUT2D eigenvalue weighted by Gasteiger charge is -2.32. The number of carbonyl (C=O) groups excluding carboxylic acids is 1. The highest BCUT2D eigenvalue weighted by atomic mass is 16.5. The first-order chi connectivity index (χ1) is 12.6. The number of ether oxygens (including phenoxy) is 1. The zero-order valence-electron chi connectivity index (χ0n) is 14.9. The number of benzene rings is 1. The number of amides is 1. The van der Waals surface area contributed by atoms with E-state index in [1.165, 1.54) is 17.9 Å². The van der Waals surface area contributed by atoms with E-state index >= 15 is 0 Å². The third-order valence-electron chi connectivity index (χ3n) is 4.49. The number of hydrogen-bond acceptors (Lipinski definition) is 5. The molecule has 0 radical (unpaired) electrons. The Hall–Kier alpha value is -2.60. The van der Waals surface area contributed by atoms with Gasteiger partial charge in [0.1, 0.15) is 12.0 Å². The predicted molar refractivity (Wildman–Crippen MR) is 98.1 cm³/mol. The Morgan fingerprint density at radius 1 is 1.27 bits per heavy atom. The molecule has 6 heteroatoms. The Balaban J connectivity index is 1.40. The van der Waals surface area contributed by atoms with Gasteiger partial charge in [0.05, 0.1) is 0 Å². The van der Waals surface area contributed by atoms with Crippen LogP contribution in [0.2, 0.25) is 0 Å². The molecule has 0 unspecified atom stereocenters. The van der Waals surface area contributed by atoms with Crippen LogP contribution in [0.3, 0.4) is 0 Å². The highest BCUT2D eigenvalue weighted by molar-refractivity contribution is 5.77. The molecule has 26 heavy (non-hydrogen) atoms. The number of nitrogens with one attached hydrogen (secondary N) is 1. The van der Waals surface area contributed by atoms with Crippen molar-refractivity contribution in [3.63, 3.8) is 0 Å². The average Bonchev–Trinajstić information content (AvgIpc) is 2.63. The minimum atomic E-state index is -0.282. The molecule has 1 aliphatic rings. The molecule has 0 bridgehead atoms. The first-order valence-corrected chi connectivity index (χ1v) is 8.88. The second kappa shape index (κ2) is 8.67. The summed E-state index contributed by atoms with van der Waals surface area (Å²) in [5.74, 6) is 0.351. The number of carbonyl (C=O) groups is 1. The number of piperidine rings is 1. The molecular formula is C20H24N2O4. The molecule has 1 saturated heterocycles. The van der Waals surface area contributed by atoms with E-state index in [-0.39, 0.29) is 29.7 Å². The number of likely N-dealkylation sites (tertiary alicyclic amines) is 1. The van der Waals surface area contributed by atoms with Crippen LogP contribution < -0.4 is 15.5 Å². The number of aryl methyl sites for hydroxylation is 1. The monoisotopic (exact) mass is 356 g/mol. The van der Waals surface area contributed by atoms with Crippen LogP contribution in [-0.2, 0) is 11.3 Å². The van der Waals surface area contributed by atoms with Crippen molar-refractivity contribution in [2.24, 2.45) is 0 Å². The molecule has 6 nitrogen and oxygen atoms in total. The van der Waals surface area contributed by atoms with Gasteiger partial charge in [-0.25, -0.2) is 0 Å². The molecule has 2 heterocycles.